The molecule has 1 unspecified atom stereocenters. The highest BCUT2D eigenvalue weighted by atomic mass is 16.5. The van der Waals surface area contributed by atoms with E-state index in [9.17, 15) is 9.59 Å². The minimum Gasteiger partial charge on any atom is -0.445 e. The van der Waals surface area contributed by atoms with Crippen molar-refractivity contribution in [1.82, 2.24) is 10.2 Å². The SMILES string of the molecule is O=C(NCC1CC(=O)N(Cc2ccccc2)C1)OCc1ccccc1. The summed E-state index contributed by atoms with van der Waals surface area (Å²) in [6, 6.07) is 19.5. The van der Waals surface area contributed by atoms with E-state index in [0.717, 1.165) is 11.1 Å². The Hall–Kier alpha value is -2.82. The van der Waals surface area contributed by atoms with Crippen LogP contribution in [-0.4, -0.2) is 30.0 Å². The van der Waals surface area contributed by atoms with Crippen LogP contribution in [0.2, 0.25) is 0 Å². The Kier molecular flexibility index (Phi) is 5.67. The first-order chi connectivity index (χ1) is 12.2. The maximum absolute atomic E-state index is 12.1. The lowest BCUT2D eigenvalue weighted by Gasteiger charge is -2.17. The van der Waals surface area contributed by atoms with Crippen molar-refractivity contribution in [2.24, 2.45) is 5.92 Å². The van der Waals surface area contributed by atoms with Crippen molar-refractivity contribution < 1.29 is 14.3 Å². The summed E-state index contributed by atoms with van der Waals surface area (Å²) < 4.78 is 5.19. The molecule has 5 nitrogen and oxygen atoms in total. The van der Waals surface area contributed by atoms with Crippen LogP contribution in [0.4, 0.5) is 4.79 Å². The highest BCUT2D eigenvalue weighted by Gasteiger charge is 2.29. The summed E-state index contributed by atoms with van der Waals surface area (Å²) >= 11 is 0. The van der Waals surface area contributed by atoms with Crippen molar-refractivity contribution in [1.29, 1.82) is 0 Å². The number of nitrogens with zero attached hydrogens (tertiary/aromatic N) is 1. The molecule has 1 aliphatic rings. The molecule has 0 spiro atoms. The monoisotopic (exact) mass is 338 g/mol. The average Bonchev–Trinajstić information content (AvgIpc) is 2.99. The summed E-state index contributed by atoms with van der Waals surface area (Å²) in [5, 5.41) is 2.76. The largest absolute Gasteiger partial charge is 0.445 e. The van der Waals surface area contributed by atoms with E-state index < -0.39 is 6.09 Å². The van der Waals surface area contributed by atoms with Crippen LogP contribution in [0.5, 0.6) is 0 Å². The minimum atomic E-state index is -0.446. The van der Waals surface area contributed by atoms with Crippen LogP contribution in [0.1, 0.15) is 17.5 Å². The molecule has 1 atom stereocenters. The van der Waals surface area contributed by atoms with E-state index in [1.807, 2.05) is 65.6 Å². The normalized spacial score (nSPS) is 16.7. The van der Waals surface area contributed by atoms with Crippen molar-refractivity contribution in [3.63, 3.8) is 0 Å². The summed E-state index contributed by atoms with van der Waals surface area (Å²) in [6.07, 6.45) is 0.0176. The summed E-state index contributed by atoms with van der Waals surface area (Å²) in [5.41, 5.74) is 2.06. The molecule has 1 aliphatic heterocycles. The number of ether oxygens (including phenoxy) is 1. The van der Waals surface area contributed by atoms with Gasteiger partial charge in [0.2, 0.25) is 5.91 Å². The molecule has 0 aromatic heterocycles. The second-order valence-corrected chi connectivity index (χ2v) is 6.27. The van der Waals surface area contributed by atoms with Crippen molar-refractivity contribution in [3.05, 3.63) is 71.8 Å². The van der Waals surface area contributed by atoms with Gasteiger partial charge in [-0.3, -0.25) is 4.79 Å². The zero-order valence-corrected chi connectivity index (χ0v) is 14.1. The topological polar surface area (TPSA) is 58.6 Å². The number of hydrogen-bond donors (Lipinski definition) is 1. The third-order valence-electron chi connectivity index (χ3n) is 4.26. The number of nitrogens with one attached hydrogen (secondary N) is 1. The van der Waals surface area contributed by atoms with Crippen LogP contribution in [-0.2, 0) is 22.7 Å². The fourth-order valence-electron chi connectivity index (χ4n) is 2.95. The molecule has 1 fully saturated rings. The van der Waals surface area contributed by atoms with Gasteiger partial charge in [-0.15, -0.1) is 0 Å². The number of carbonyl (C=O) groups is 2. The Morgan fingerprint density at radius 2 is 1.68 bits per heavy atom. The van der Waals surface area contributed by atoms with Gasteiger partial charge in [0, 0.05) is 32.0 Å². The lowest BCUT2D eigenvalue weighted by Crippen LogP contribution is -2.31. The predicted octanol–water partition coefficient (Wildman–Crippen LogP) is 2.96. The second-order valence-electron chi connectivity index (χ2n) is 6.27. The van der Waals surface area contributed by atoms with Gasteiger partial charge in [0.25, 0.3) is 0 Å². The van der Waals surface area contributed by atoms with E-state index in [4.69, 9.17) is 4.74 Å². The molecule has 130 valence electrons. The maximum atomic E-state index is 12.1. The van der Waals surface area contributed by atoms with Crippen LogP contribution in [0, 0.1) is 5.92 Å². The fourth-order valence-corrected chi connectivity index (χ4v) is 2.95. The second kappa shape index (κ2) is 8.33. The van der Waals surface area contributed by atoms with Crippen LogP contribution in [0.3, 0.4) is 0 Å². The Balaban J connectivity index is 1.40. The van der Waals surface area contributed by atoms with Crippen LogP contribution in [0.25, 0.3) is 0 Å². The molecule has 0 saturated carbocycles. The number of hydrogen-bond acceptors (Lipinski definition) is 3. The number of amides is 2. The van der Waals surface area contributed by atoms with Gasteiger partial charge in [0.1, 0.15) is 6.61 Å². The van der Waals surface area contributed by atoms with Gasteiger partial charge >= 0.3 is 6.09 Å². The molecule has 3 rings (SSSR count). The first-order valence-electron chi connectivity index (χ1n) is 8.47. The molecule has 5 heteroatoms. The molecule has 1 saturated heterocycles. The first kappa shape index (κ1) is 17.0. The van der Waals surface area contributed by atoms with E-state index >= 15 is 0 Å². The molecule has 25 heavy (non-hydrogen) atoms. The quantitative estimate of drug-likeness (QED) is 0.881. The van der Waals surface area contributed by atoms with Gasteiger partial charge in [0.15, 0.2) is 0 Å². The van der Waals surface area contributed by atoms with E-state index in [0.29, 0.717) is 26.1 Å². The lowest BCUT2D eigenvalue weighted by atomic mass is 10.1. The van der Waals surface area contributed by atoms with Crippen molar-refractivity contribution in [3.8, 4) is 0 Å². The van der Waals surface area contributed by atoms with Gasteiger partial charge in [-0.1, -0.05) is 60.7 Å². The van der Waals surface area contributed by atoms with E-state index in [2.05, 4.69) is 5.32 Å². The third-order valence-corrected chi connectivity index (χ3v) is 4.26. The fraction of sp³-hybridized carbons (Fsp3) is 0.300. The first-order valence-corrected chi connectivity index (χ1v) is 8.47. The summed E-state index contributed by atoms with van der Waals surface area (Å²) in [4.78, 5) is 25.8. The Bertz CT molecular complexity index is 703. The molecule has 1 N–H and O–H groups in total. The highest BCUT2D eigenvalue weighted by Crippen LogP contribution is 2.19. The Morgan fingerprint density at radius 3 is 2.36 bits per heavy atom. The average molecular weight is 338 g/mol. The Morgan fingerprint density at radius 1 is 1.04 bits per heavy atom. The van der Waals surface area contributed by atoms with Crippen LogP contribution < -0.4 is 5.32 Å². The number of alkyl carbamates (subject to hydrolysis) is 1. The van der Waals surface area contributed by atoms with Crippen LogP contribution >= 0.6 is 0 Å². The number of carbonyl (C=O) groups excluding carboxylic acids is 2. The van der Waals surface area contributed by atoms with E-state index in [1.54, 1.807) is 0 Å². The third kappa shape index (κ3) is 5.08. The molecular formula is C20H22N2O3. The standard InChI is InChI=1S/C20H22N2O3/c23-19-11-18(14-22(19)13-16-7-3-1-4-8-16)12-21-20(24)25-15-17-9-5-2-6-10-17/h1-10,18H,11-15H2,(H,21,24). The molecule has 1 heterocycles. The predicted molar refractivity (Wildman–Crippen MR) is 94.6 cm³/mol. The molecule has 2 amide bonds. The molecular weight excluding hydrogens is 316 g/mol. The highest BCUT2D eigenvalue weighted by molar-refractivity contribution is 5.78. The van der Waals surface area contributed by atoms with E-state index in [1.165, 1.54) is 0 Å². The van der Waals surface area contributed by atoms with Crippen molar-refractivity contribution in [2.45, 2.75) is 19.6 Å². The molecule has 0 aliphatic carbocycles. The zero-order chi connectivity index (χ0) is 17.5. The number of benzene rings is 2. The van der Waals surface area contributed by atoms with Gasteiger partial charge < -0.3 is 15.0 Å². The van der Waals surface area contributed by atoms with Crippen LogP contribution in [0.15, 0.2) is 60.7 Å². The number of likely N-dealkylation sites (tertiary alicyclic amines) is 1. The van der Waals surface area contributed by atoms with Gasteiger partial charge in [-0.25, -0.2) is 4.79 Å². The zero-order valence-electron chi connectivity index (χ0n) is 14.1. The molecule has 0 bridgehead atoms. The van der Waals surface area contributed by atoms with Gasteiger partial charge in [-0.05, 0) is 11.1 Å². The Labute approximate surface area is 147 Å². The van der Waals surface area contributed by atoms with Gasteiger partial charge in [0.05, 0.1) is 0 Å². The van der Waals surface area contributed by atoms with Crippen molar-refractivity contribution in [2.75, 3.05) is 13.1 Å². The lowest BCUT2D eigenvalue weighted by molar-refractivity contribution is -0.128. The summed E-state index contributed by atoms with van der Waals surface area (Å²) in [5.74, 6) is 0.258. The molecule has 0 radical (unpaired) electrons. The summed E-state index contributed by atoms with van der Waals surface area (Å²) in [6.45, 7) is 1.97. The molecule has 2 aromatic rings. The number of rotatable bonds is 6. The smallest absolute Gasteiger partial charge is 0.407 e. The van der Waals surface area contributed by atoms with Crippen molar-refractivity contribution >= 4 is 12.0 Å². The minimum absolute atomic E-state index is 0.125. The van der Waals surface area contributed by atoms with Gasteiger partial charge in [-0.2, -0.15) is 0 Å². The summed E-state index contributed by atoms with van der Waals surface area (Å²) in [7, 11) is 0. The maximum Gasteiger partial charge on any atom is 0.407 e. The molecule has 2 aromatic carbocycles. The van der Waals surface area contributed by atoms with E-state index in [-0.39, 0.29) is 18.4 Å².